The molecular formula is C20H23F4N5O2. The topological polar surface area (TPSA) is 70.5 Å². The largest absolute Gasteiger partial charge is 0.434 e. The van der Waals surface area contributed by atoms with Crippen molar-refractivity contribution in [2.45, 2.75) is 26.1 Å². The van der Waals surface area contributed by atoms with E-state index in [0.29, 0.717) is 17.8 Å². The van der Waals surface area contributed by atoms with Crippen LogP contribution in [0.3, 0.4) is 0 Å². The van der Waals surface area contributed by atoms with E-state index in [-0.39, 0.29) is 31.6 Å². The molecule has 0 spiro atoms. The highest BCUT2D eigenvalue weighted by molar-refractivity contribution is 5.95. The van der Waals surface area contributed by atoms with Gasteiger partial charge >= 0.3 is 6.18 Å². The third-order valence-electron chi connectivity index (χ3n) is 4.83. The van der Waals surface area contributed by atoms with Crippen LogP contribution < -0.4 is 5.32 Å². The first-order valence-corrected chi connectivity index (χ1v) is 9.79. The van der Waals surface area contributed by atoms with Crippen LogP contribution in [0.25, 0.3) is 5.69 Å². The van der Waals surface area contributed by atoms with E-state index >= 15 is 0 Å². The van der Waals surface area contributed by atoms with E-state index in [1.54, 1.807) is 0 Å². The lowest BCUT2D eigenvalue weighted by Gasteiger charge is -2.34. The van der Waals surface area contributed by atoms with Gasteiger partial charge in [-0.05, 0) is 26.0 Å². The Kier molecular flexibility index (Phi) is 6.63. The monoisotopic (exact) mass is 441 g/mol. The number of carbonyl (C=O) groups is 2. The van der Waals surface area contributed by atoms with Crippen molar-refractivity contribution in [1.82, 2.24) is 24.9 Å². The van der Waals surface area contributed by atoms with Gasteiger partial charge in [0.25, 0.3) is 5.91 Å². The molecule has 0 unspecified atom stereocenters. The summed E-state index contributed by atoms with van der Waals surface area (Å²) in [6.45, 7) is 4.85. The maximum absolute atomic E-state index is 14.1. The molecule has 1 aromatic heterocycles. The Morgan fingerprint density at radius 3 is 2.35 bits per heavy atom. The molecule has 3 rings (SSSR count). The van der Waals surface area contributed by atoms with Crippen molar-refractivity contribution in [1.29, 1.82) is 0 Å². The van der Waals surface area contributed by atoms with E-state index in [9.17, 15) is 27.2 Å². The van der Waals surface area contributed by atoms with E-state index in [4.69, 9.17) is 0 Å². The number of carbonyl (C=O) groups excluding carboxylic acids is 2. The van der Waals surface area contributed by atoms with Gasteiger partial charge in [-0.15, -0.1) is 0 Å². The molecule has 0 atom stereocenters. The minimum Gasteiger partial charge on any atom is -0.353 e. The van der Waals surface area contributed by atoms with E-state index in [0.717, 1.165) is 18.3 Å². The third-order valence-corrected chi connectivity index (χ3v) is 4.83. The Hall–Kier alpha value is -2.95. The molecule has 168 valence electrons. The van der Waals surface area contributed by atoms with Crippen molar-refractivity contribution in [3.63, 3.8) is 0 Å². The van der Waals surface area contributed by atoms with Crippen LogP contribution in [0.1, 0.15) is 29.9 Å². The number of nitrogens with one attached hydrogen (secondary N) is 1. The average molecular weight is 441 g/mol. The van der Waals surface area contributed by atoms with Gasteiger partial charge in [-0.1, -0.05) is 12.1 Å². The molecule has 0 aliphatic carbocycles. The molecule has 1 fully saturated rings. The van der Waals surface area contributed by atoms with Gasteiger partial charge in [0.1, 0.15) is 11.5 Å². The van der Waals surface area contributed by atoms with E-state index in [1.165, 1.54) is 17.0 Å². The highest BCUT2D eigenvalue weighted by Crippen LogP contribution is 2.34. The van der Waals surface area contributed by atoms with Crippen LogP contribution in [0.2, 0.25) is 0 Å². The number of hydrogen-bond donors (Lipinski definition) is 1. The first-order valence-electron chi connectivity index (χ1n) is 9.79. The van der Waals surface area contributed by atoms with E-state index in [2.05, 4.69) is 10.4 Å². The Balaban J connectivity index is 1.77. The lowest BCUT2D eigenvalue weighted by molar-refractivity contribution is -0.143. The highest BCUT2D eigenvalue weighted by atomic mass is 19.4. The number of piperazine rings is 1. The van der Waals surface area contributed by atoms with Gasteiger partial charge in [0.2, 0.25) is 5.91 Å². The van der Waals surface area contributed by atoms with Crippen molar-refractivity contribution < 1.29 is 27.2 Å². The molecule has 1 aliphatic rings. The molecule has 0 saturated carbocycles. The lowest BCUT2D eigenvalue weighted by atomic mass is 10.1. The molecule has 1 aliphatic heterocycles. The van der Waals surface area contributed by atoms with E-state index in [1.807, 2.05) is 18.7 Å². The van der Waals surface area contributed by atoms with E-state index < -0.39 is 34.8 Å². The second-order valence-corrected chi connectivity index (χ2v) is 7.56. The van der Waals surface area contributed by atoms with Crippen LogP contribution in [0.5, 0.6) is 0 Å². The Bertz CT molecular complexity index is 949. The summed E-state index contributed by atoms with van der Waals surface area (Å²) in [5.74, 6) is -1.87. The SMILES string of the molecule is CC(C)NC(=O)CN1CCN(C(=O)c2cnn(-c3ccccc3F)c2C(F)(F)F)CC1. The Morgan fingerprint density at radius 2 is 1.77 bits per heavy atom. The normalized spacial score (nSPS) is 15.4. The van der Waals surface area contributed by atoms with Crippen molar-refractivity contribution in [2.24, 2.45) is 0 Å². The summed E-state index contributed by atoms with van der Waals surface area (Å²) in [6.07, 6.45) is -4.10. The summed E-state index contributed by atoms with van der Waals surface area (Å²) in [7, 11) is 0. The fourth-order valence-corrected chi connectivity index (χ4v) is 3.43. The minimum absolute atomic E-state index is 0.00199. The van der Waals surface area contributed by atoms with Gasteiger partial charge in [-0.2, -0.15) is 18.3 Å². The first kappa shape index (κ1) is 22.7. The zero-order chi connectivity index (χ0) is 22.8. The maximum atomic E-state index is 14.1. The highest BCUT2D eigenvalue weighted by Gasteiger charge is 2.42. The number of benzene rings is 1. The Morgan fingerprint density at radius 1 is 1.13 bits per heavy atom. The molecule has 2 aromatic rings. The van der Waals surface area contributed by atoms with Crippen molar-refractivity contribution in [3.8, 4) is 5.69 Å². The molecule has 11 heteroatoms. The molecule has 7 nitrogen and oxygen atoms in total. The molecule has 0 radical (unpaired) electrons. The van der Waals surface area contributed by atoms with Crippen LogP contribution in [0.4, 0.5) is 17.6 Å². The fraction of sp³-hybridized carbons (Fsp3) is 0.450. The third kappa shape index (κ3) is 5.22. The summed E-state index contributed by atoms with van der Waals surface area (Å²) < 4.78 is 55.9. The van der Waals surface area contributed by atoms with Gasteiger partial charge in [-0.3, -0.25) is 14.5 Å². The van der Waals surface area contributed by atoms with Crippen LogP contribution in [0, 0.1) is 5.82 Å². The zero-order valence-corrected chi connectivity index (χ0v) is 17.1. The number of nitrogens with zero attached hydrogens (tertiary/aromatic N) is 4. The predicted molar refractivity (Wildman–Crippen MR) is 104 cm³/mol. The standard InChI is InChI=1S/C20H23F4N5O2/c1-13(2)26-17(30)12-27-7-9-28(10-8-27)19(31)14-11-25-29(18(14)20(22,23)24)16-6-4-3-5-15(16)21/h3-6,11,13H,7-10,12H2,1-2H3,(H,26,30). The van der Waals surface area contributed by atoms with Gasteiger partial charge in [0.05, 0.1) is 18.3 Å². The smallest absolute Gasteiger partial charge is 0.353 e. The lowest BCUT2D eigenvalue weighted by Crippen LogP contribution is -2.51. The molecular weight excluding hydrogens is 418 g/mol. The summed E-state index contributed by atoms with van der Waals surface area (Å²) in [6, 6.07) is 4.92. The molecule has 1 saturated heterocycles. The van der Waals surface area contributed by atoms with Gasteiger partial charge < -0.3 is 10.2 Å². The van der Waals surface area contributed by atoms with Crippen molar-refractivity contribution in [3.05, 3.63) is 47.5 Å². The molecule has 31 heavy (non-hydrogen) atoms. The minimum atomic E-state index is -4.92. The number of hydrogen-bond acceptors (Lipinski definition) is 4. The van der Waals surface area contributed by atoms with Crippen molar-refractivity contribution >= 4 is 11.8 Å². The maximum Gasteiger partial charge on any atom is 0.434 e. The van der Waals surface area contributed by atoms with Gasteiger partial charge in [0, 0.05) is 32.2 Å². The Labute approximate surface area is 176 Å². The molecule has 2 amide bonds. The number of halogens is 4. The molecule has 2 heterocycles. The number of para-hydroxylation sites is 1. The summed E-state index contributed by atoms with van der Waals surface area (Å²) in [5.41, 5.74) is -2.35. The first-order chi connectivity index (χ1) is 14.6. The van der Waals surface area contributed by atoms with Crippen LogP contribution >= 0.6 is 0 Å². The predicted octanol–water partition coefficient (Wildman–Crippen LogP) is 2.31. The summed E-state index contributed by atoms with van der Waals surface area (Å²) in [4.78, 5) is 27.8. The number of alkyl halides is 3. The molecule has 1 aromatic carbocycles. The van der Waals surface area contributed by atoms with Gasteiger partial charge in [-0.25, -0.2) is 9.07 Å². The number of aromatic nitrogens is 2. The quantitative estimate of drug-likeness (QED) is 0.723. The van der Waals surface area contributed by atoms with Crippen molar-refractivity contribution in [2.75, 3.05) is 32.7 Å². The van der Waals surface area contributed by atoms with Crippen LogP contribution in [-0.2, 0) is 11.0 Å². The fourth-order valence-electron chi connectivity index (χ4n) is 3.43. The molecule has 0 bridgehead atoms. The second kappa shape index (κ2) is 9.04. The second-order valence-electron chi connectivity index (χ2n) is 7.56. The summed E-state index contributed by atoms with van der Waals surface area (Å²) >= 11 is 0. The van der Waals surface area contributed by atoms with Gasteiger partial charge in [0.15, 0.2) is 5.69 Å². The zero-order valence-electron chi connectivity index (χ0n) is 17.1. The van der Waals surface area contributed by atoms with Crippen LogP contribution in [-0.4, -0.2) is 70.2 Å². The number of amides is 2. The number of rotatable bonds is 5. The molecule has 1 N–H and O–H groups in total. The van der Waals surface area contributed by atoms with Crippen LogP contribution in [0.15, 0.2) is 30.5 Å². The summed E-state index contributed by atoms with van der Waals surface area (Å²) in [5, 5.41) is 6.43. The average Bonchev–Trinajstić information content (AvgIpc) is 3.13.